The molecule has 1 aliphatic rings. The monoisotopic (exact) mass is 508 g/mol. The summed E-state index contributed by atoms with van der Waals surface area (Å²) < 4.78 is 3.02. The topological polar surface area (TPSA) is 59.0 Å². The molecule has 4 rings (SSSR count). The summed E-state index contributed by atoms with van der Waals surface area (Å²) in [5, 5.41) is 11.8. The Morgan fingerprint density at radius 2 is 1.79 bits per heavy atom. The molecule has 1 unspecified atom stereocenters. The van der Waals surface area contributed by atoms with Gasteiger partial charge >= 0.3 is 0 Å². The third-order valence-electron chi connectivity index (χ3n) is 7.03. The second kappa shape index (κ2) is 8.98. The second-order valence-electron chi connectivity index (χ2n) is 9.60. The highest BCUT2D eigenvalue weighted by Crippen LogP contribution is 2.41. The highest BCUT2D eigenvalue weighted by atomic mass is 79.9. The molecule has 6 heteroatoms. The van der Waals surface area contributed by atoms with Gasteiger partial charge in [-0.2, -0.15) is 5.10 Å². The number of carbonyl (C=O) groups is 1. The van der Waals surface area contributed by atoms with Gasteiger partial charge in [-0.05, 0) is 63.3 Å². The van der Waals surface area contributed by atoms with Crippen LogP contribution in [0.15, 0.2) is 59.1 Å². The molecular weight excluding hydrogens is 476 g/mol. The Bertz CT molecular complexity index is 1130. The highest BCUT2D eigenvalue weighted by Gasteiger charge is 2.39. The zero-order chi connectivity index (χ0) is 23.8. The van der Waals surface area contributed by atoms with E-state index in [0.29, 0.717) is 5.56 Å². The van der Waals surface area contributed by atoms with Gasteiger partial charge < -0.3 is 10.6 Å². The van der Waals surface area contributed by atoms with Gasteiger partial charge in [0.1, 0.15) is 11.4 Å². The summed E-state index contributed by atoms with van der Waals surface area (Å²) in [6.45, 7) is 10.5. The van der Waals surface area contributed by atoms with Crippen molar-refractivity contribution in [3.05, 3.63) is 81.5 Å². The summed E-state index contributed by atoms with van der Waals surface area (Å²) in [5.41, 5.74) is 3.04. The van der Waals surface area contributed by atoms with Gasteiger partial charge in [-0.3, -0.25) is 4.79 Å². The zero-order valence-corrected chi connectivity index (χ0v) is 21.7. The van der Waals surface area contributed by atoms with E-state index in [1.54, 1.807) is 0 Å². The zero-order valence-electron chi connectivity index (χ0n) is 20.1. The molecule has 2 aromatic carbocycles. The van der Waals surface area contributed by atoms with Gasteiger partial charge in [0.15, 0.2) is 0 Å². The summed E-state index contributed by atoms with van der Waals surface area (Å²) in [5.74, 6) is 0.712. The number of amides is 1. The maximum absolute atomic E-state index is 13.8. The summed E-state index contributed by atoms with van der Waals surface area (Å²) >= 11 is 3.52. The third kappa shape index (κ3) is 4.33. The van der Waals surface area contributed by atoms with Crippen LogP contribution in [0, 0.1) is 6.92 Å². The van der Waals surface area contributed by atoms with Crippen LogP contribution in [-0.2, 0) is 11.1 Å². The minimum Gasteiger partial charge on any atom is -0.363 e. The Labute approximate surface area is 205 Å². The number of hydrogen-bond donors (Lipinski definition) is 2. The fourth-order valence-corrected chi connectivity index (χ4v) is 5.28. The molecule has 0 saturated heterocycles. The fraction of sp³-hybridized carbons (Fsp3) is 0.407. The van der Waals surface area contributed by atoms with Gasteiger partial charge in [-0.1, -0.05) is 72.2 Å². The number of hydrogen-bond acceptors (Lipinski definition) is 3. The lowest BCUT2D eigenvalue weighted by molar-refractivity contribution is 0.0889. The molecule has 2 N–H and O–H groups in total. The van der Waals surface area contributed by atoms with Crippen molar-refractivity contribution < 1.29 is 4.79 Å². The highest BCUT2D eigenvalue weighted by molar-refractivity contribution is 9.10. The van der Waals surface area contributed by atoms with Crippen molar-refractivity contribution in [2.45, 2.75) is 71.0 Å². The molecule has 33 heavy (non-hydrogen) atoms. The lowest BCUT2D eigenvalue weighted by Crippen LogP contribution is -2.45. The van der Waals surface area contributed by atoms with E-state index >= 15 is 0 Å². The van der Waals surface area contributed by atoms with Crippen molar-refractivity contribution in [1.82, 2.24) is 15.1 Å². The molecule has 0 bridgehead atoms. The Morgan fingerprint density at radius 3 is 2.39 bits per heavy atom. The molecule has 1 atom stereocenters. The van der Waals surface area contributed by atoms with Crippen LogP contribution < -0.4 is 10.6 Å². The Balaban J connectivity index is 1.72. The lowest BCUT2D eigenvalue weighted by atomic mass is 9.84. The minimum absolute atomic E-state index is 0.0858. The smallest absolute Gasteiger partial charge is 0.257 e. The van der Waals surface area contributed by atoms with E-state index in [0.717, 1.165) is 40.8 Å². The van der Waals surface area contributed by atoms with Crippen molar-refractivity contribution >= 4 is 27.7 Å². The number of benzene rings is 2. The number of nitrogens with zero attached hydrogens (tertiary/aromatic N) is 2. The minimum atomic E-state index is -0.442. The molecule has 1 aliphatic heterocycles. The van der Waals surface area contributed by atoms with Crippen molar-refractivity contribution in [3.63, 3.8) is 0 Å². The molecule has 2 heterocycles. The Hall–Kier alpha value is -2.60. The van der Waals surface area contributed by atoms with Crippen LogP contribution in [0.3, 0.4) is 0 Å². The standard InChI is InChI=1S/C27H33BrN4O/c1-6-27(7-2,20-13-15-21(28)16-14-20)30-25(33)23-18(3)31-32-24(23)29-22(17-26(32,4)5)19-11-9-8-10-12-19/h8-16,22,29H,6-7,17H2,1-5H3,(H,30,33). The number of carbonyl (C=O) groups excluding carboxylic acids is 1. The summed E-state index contributed by atoms with van der Waals surface area (Å²) in [6.07, 6.45) is 2.48. The maximum Gasteiger partial charge on any atom is 0.257 e. The van der Waals surface area contributed by atoms with Crippen LogP contribution in [-0.4, -0.2) is 15.7 Å². The first-order valence-electron chi connectivity index (χ1n) is 11.7. The fourth-order valence-electron chi connectivity index (χ4n) is 5.01. The van der Waals surface area contributed by atoms with Crippen LogP contribution in [0.5, 0.6) is 0 Å². The molecule has 174 valence electrons. The average molecular weight is 509 g/mol. The van der Waals surface area contributed by atoms with E-state index < -0.39 is 5.54 Å². The molecule has 3 aromatic rings. The average Bonchev–Trinajstić information content (AvgIpc) is 3.15. The second-order valence-corrected chi connectivity index (χ2v) is 10.5. The molecule has 0 spiro atoms. The van der Waals surface area contributed by atoms with E-state index in [2.05, 4.69) is 90.7 Å². The Morgan fingerprint density at radius 1 is 1.15 bits per heavy atom. The van der Waals surface area contributed by atoms with E-state index in [1.165, 1.54) is 5.56 Å². The van der Waals surface area contributed by atoms with Crippen molar-refractivity contribution in [2.75, 3.05) is 5.32 Å². The molecule has 1 aromatic heterocycles. The Kier molecular flexibility index (Phi) is 6.41. The normalized spacial score (nSPS) is 17.2. The third-order valence-corrected chi connectivity index (χ3v) is 7.56. The quantitative estimate of drug-likeness (QED) is 0.389. The number of rotatable bonds is 6. The van der Waals surface area contributed by atoms with Crippen LogP contribution in [0.25, 0.3) is 0 Å². The number of nitrogens with one attached hydrogen (secondary N) is 2. The van der Waals surface area contributed by atoms with Crippen molar-refractivity contribution in [3.8, 4) is 0 Å². The molecule has 1 amide bonds. The molecule has 0 radical (unpaired) electrons. The maximum atomic E-state index is 13.8. The molecule has 0 fully saturated rings. The van der Waals surface area contributed by atoms with Crippen LogP contribution in [0.4, 0.5) is 5.82 Å². The van der Waals surface area contributed by atoms with Gasteiger partial charge in [-0.15, -0.1) is 0 Å². The largest absolute Gasteiger partial charge is 0.363 e. The number of fused-ring (bicyclic) bond motifs is 1. The van der Waals surface area contributed by atoms with Crippen molar-refractivity contribution in [1.29, 1.82) is 0 Å². The first-order chi connectivity index (χ1) is 15.7. The lowest BCUT2D eigenvalue weighted by Gasteiger charge is -2.38. The number of aryl methyl sites for hydroxylation is 1. The SMILES string of the molecule is CCC(CC)(NC(=O)c1c(C)nn2c1NC(c1ccccc1)CC2(C)C)c1ccc(Br)cc1. The van der Waals surface area contributed by atoms with Crippen molar-refractivity contribution in [2.24, 2.45) is 0 Å². The van der Waals surface area contributed by atoms with Gasteiger partial charge in [-0.25, -0.2) is 4.68 Å². The van der Waals surface area contributed by atoms with Crippen LogP contribution >= 0.6 is 15.9 Å². The number of aromatic nitrogens is 2. The first-order valence-corrected chi connectivity index (χ1v) is 12.5. The number of halogens is 1. The van der Waals surface area contributed by atoms with Gasteiger partial charge in [0.05, 0.1) is 22.8 Å². The molecule has 0 saturated carbocycles. The van der Waals surface area contributed by atoms with Crippen LogP contribution in [0.1, 0.15) is 80.2 Å². The van der Waals surface area contributed by atoms with E-state index in [4.69, 9.17) is 5.10 Å². The van der Waals surface area contributed by atoms with Gasteiger partial charge in [0.2, 0.25) is 0 Å². The number of anilines is 1. The van der Waals surface area contributed by atoms with Gasteiger partial charge in [0.25, 0.3) is 5.91 Å². The van der Waals surface area contributed by atoms with E-state index in [1.807, 2.05) is 29.8 Å². The van der Waals surface area contributed by atoms with E-state index in [9.17, 15) is 4.79 Å². The summed E-state index contributed by atoms with van der Waals surface area (Å²) in [6, 6.07) is 18.8. The van der Waals surface area contributed by atoms with E-state index in [-0.39, 0.29) is 17.5 Å². The van der Waals surface area contributed by atoms with Gasteiger partial charge in [0, 0.05) is 4.47 Å². The molecule has 5 nitrogen and oxygen atoms in total. The predicted octanol–water partition coefficient (Wildman–Crippen LogP) is 6.69. The van der Waals surface area contributed by atoms with Crippen LogP contribution in [0.2, 0.25) is 0 Å². The molecule has 0 aliphatic carbocycles. The summed E-state index contributed by atoms with van der Waals surface area (Å²) in [4.78, 5) is 13.8. The predicted molar refractivity (Wildman–Crippen MR) is 138 cm³/mol. The summed E-state index contributed by atoms with van der Waals surface area (Å²) in [7, 11) is 0. The molecular formula is C27H33BrN4O. The first kappa shape index (κ1) is 23.6.